The second kappa shape index (κ2) is 9.56. The number of methoxy groups -OCH3 is 1. The average Bonchev–Trinajstić information content (AvgIpc) is 3.17. The lowest BCUT2D eigenvalue weighted by Crippen LogP contribution is -2.12. The van der Waals surface area contributed by atoms with Crippen molar-refractivity contribution in [3.8, 4) is 22.8 Å². The second-order valence-corrected chi connectivity index (χ2v) is 7.66. The number of rotatable bonds is 8. The van der Waals surface area contributed by atoms with Gasteiger partial charge in [-0.3, -0.25) is 4.79 Å². The lowest BCUT2D eigenvalue weighted by atomic mass is 10.1. The van der Waals surface area contributed by atoms with E-state index in [1.54, 1.807) is 7.11 Å². The maximum absolute atomic E-state index is 12.4. The number of hydrogen-bond acceptors (Lipinski definition) is 5. The van der Waals surface area contributed by atoms with E-state index in [1.807, 2.05) is 30.5 Å². The van der Waals surface area contributed by atoms with E-state index in [9.17, 15) is 4.79 Å². The van der Waals surface area contributed by atoms with Crippen LogP contribution in [0.15, 0.2) is 41.8 Å². The van der Waals surface area contributed by atoms with Crippen molar-refractivity contribution >= 4 is 22.4 Å². The van der Waals surface area contributed by atoms with Crippen LogP contribution in [0.25, 0.3) is 11.3 Å². The molecule has 0 fully saturated rings. The van der Waals surface area contributed by atoms with Gasteiger partial charge in [-0.05, 0) is 62.1 Å². The first-order valence-corrected chi connectivity index (χ1v) is 10.5. The molecule has 6 heteroatoms. The number of nitrogens with one attached hydrogen (secondary N) is 1. The lowest BCUT2D eigenvalue weighted by Gasteiger charge is -2.11. The van der Waals surface area contributed by atoms with E-state index in [1.165, 1.54) is 22.5 Å². The normalized spacial score (nSPS) is 10.6. The van der Waals surface area contributed by atoms with E-state index in [0.29, 0.717) is 36.1 Å². The number of aryl methyl sites for hydroxylation is 3. The molecule has 152 valence electrons. The molecule has 1 N–H and O–H groups in total. The minimum atomic E-state index is -0.0566. The Hall–Kier alpha value is -2.86. The molecule has 0 radical (unpaired) electrons. The Morgan fingerprint density at radius 3 is 2.66 bits per heavy atom. The Morgan fingerprint density at radius 1 is 1.10 bits per heavy atom. The lowest BCUT2D eigenvalue weighted by molar-refractivity contribution is -0.116. The molecule has 0 saturated heterocycles. The zero-order valence-electron chi connectivity index (χ0n) is 17.2. The molecule has 0 spiro atoms. The van der Waals surface area contributed by atoms with Gasteiger partial charge in [-0.25, -0.2) is 4.98 Å². The van der Waals surface area contributed by atoms with Crippen LogP contribution in [-0.2, 0) is 11.2 Å². The van der Waals surface area contributed by atoms with E-state index < -0.39 is 0 Å². The highest BCUT2D eigenvalue weighted by Crippen LogP contribution is 2.29. The molecule has 1 amide bonds. The van der Waals surface area contributed by atoms with Crippen molar-refractivity contribution in [3.63, 3.8) is 0 Å². The summed E-state index contributed by atoms with van der Waals surface area (Å²) in [6.45, 7) is 6.69. The molecule has 3 rings (SSSR count). The van der Waals surface area contributed by atoms with Crippen LogP contribution in [0.2, 0.25) is 0 Å². The van der Waals surface area contributed by atoms with E-state index in [0.717, 1.165) is 16.8 Å². The second-order valence-electron chi connectivity index (χ2n) is 6.80. The van der Waals surface area contributed by atoms with Crippen LogP contribution in [0.5, 0.6) is 11.5 Å². The summed E-state index contributed by atoms with van der Waals surface area (Å²) in [5, 5.41) is 5.49. The summed E-state index contributed by atoms with van der Waals surface area (Å²) in [6, 6.07) is 12.0. The van der Waals surface area contributed by atoms with Gasteiger partial charge >= 0.3 is 0 Å². The highest BCUT2D eigenvalue weighted by atomic mass is 32.1. The van der Waals surface area contributed by atoms with Crippen molar-refractivity contribution in [2.24, 2.45) is 0 Å². The molecule has 5 nitrogen and oxygen atoms in total. The monoisotopic (exact) mass is 410 g/mol. The number of carbonyl (C=O) groups is 1. The summed E-state index contributed by atoms with van der Waals surface area (Å²) in [5.41, 5.74) is 5.45. The molecular formula is C23H26N2O3S. The Kier molecular flexibility index (Phi) is 6.88. The molecule has 1 heterocycles. The third kappa shape index (κ3) is 5.35. The fraction of sp³-hybridized carbons (Fsp3) is 0.304. The molecule has 2 aromatic carbocycles. The number of nitrogens with zero attached hydrogens (tertiary/aromatic N) is 1. The number of amides is 1. The molecular weight excluding hydrogens is 384 g/mol. The maximum atomic E-state index is 12.4. The molecule has 0 aliphatic carbocycles. The molecule has 1 aromatic heterocycles. The number of aromatic nitrogens is 1. The van der Waals surface area contributed by atoms with Crippen molar-refractivity contribution in [3.05, 3.63) is 58.5 Å². The number of ether oxygens (including phenoxy) is 2. The number of benzene rings is 2. The number of hydrogen-bond donors (Lipinski definition) is 1. The third-order valence-electron chi connectivity index (χ3n) is 4.72. The predicted octanol–water partition coefficient (Wildman–Crippen LogP) is 5.41. The van der Waals surface area contributed by atoms with Crippen LogP contribution < -0.4 is 14.8 Å². The van der Waals surface area contributed by atoms with Crippen molar-refractivity contribution in [2.75, 3.05) is 19.0 Å². The quantitative estimate of drug-likeness (QED) is 0.540. The summed E-state index contributed by atoms with van der Waals surface area (Å²) < 4.78 is 10.9. The van der Waals surface area contributed by atoms with E-state index >= 15 is 0 Å². The highest BCUT2D eigenvalue weighted by molar-refractivity contribution is 7.14. The highest BCUT2D eigenvalue weighted by Gasteiger charge is 2.11. The van der Waals surface area contributed by atoms with Crippen molar-refractivity contribution in [1.82, 2.24) is 4.98 Å². The Bertz CT molecular complexity index is 998. The van der Waals surface area contributed by atoms with Crippen LogP contribution in [0, 0.1) is 13.8 Å². The summed E-state index contributed by atoms with van der Waals surface area (Å²) >= 11 is 1.44. The summed E-state index contributed by atoms with van der Waals surface area (Å²) in [6.07, 6.45) is 0.986. The Labute approximate surface area is 175 Å². The first-order chi connectivity index (χ1) is 14.0. The average molecular weight is 411 g/mol. The van der Waals surface area contributed by atoms with E-state index in [4.69, 9.17) is 9.47 Å². The number of anilines is 1. The van der Waals surface area contributed by atoms with Gasteiger partial charge in [0.05, 0.1) is 19.4 Å². The van der Waals surface area contributed by atoms with Crippen molar-refractivity contribution in [1.29, 1.82) is 0 Å². The molecule has 0 unspecified atom stereocenters. The van der Waals surface area contributed by atoms with Crippen molar-refractivity contribution in [2.45, 2.75) is 33.6 Å². The molecule has 0 bridgehead atoms. The fourth-order valence-electron chi connectivity index (χ4n) is 2.95. The standard InChI is InChI=1S/C23H26N2O3S/c1-5-28-20-10-7-17(13-21(20)27-4)8-11-22(26)25-23-24-19(14-29-23)18-9-6-15(2)16(3)12-18/h6-7,9-10,12-14H,5,8,11H2,1-4H3,(H,24,25,26). The van der Waals surface area contributed by atoms with Crippen molar-refractivity contribution < 1.29 is 14.3 Å². The molecule has 29 heavy (non-hydrogen) atoms. The molecule has 0 saturated carbocycles. The van der Waals surface area contributed by atoms with Gasteiger partial charge in [0.25, 0.3) is 0 Å². The third-order valence-corrected chi connectivity index (χ3v) is 5.48. The molecule has 0 aliphatic heterocycles. The predicted molar refractivity (Wildman–Crippen MR) is 118 cm³/mol. The molecule has 0 atom stereocenters. The minimum absolute atomic E-state index is 0.0566. The zero-order valence-corrected chi connectivity index (χ0v) is 18.1. The first kappa shape index (κ1) is 20.9. The molecule has 0 aliphatic rings. The van der Waals surface area contributed by atoms with E-state index in [-0.39, 0.29) is 5.91 Å². The number of carbonyl (C=O) groups excluding carboxylic acids is 1. The topological polar surface area (TPSA) is 60.5 Å². The smallest absolute Gasteiger partial charge is 0.226 e. The van der Waals surface area contributed by atoms with Crippen LogP contribution in [-0.4, -0.2) is 24.6 Å². The number of thiazole rings is 1. The van der Waals surface area contributed by atoms with Gasteiger partial charge in [0, 0.05) is 17.4 Å². The first-order valence-electron chi connectivity index (χ1n) is 9.63. The van der Waals surface area contributed by atoms with Crippen LogP contribution in [0.1, 0.15) is 30.0 Å². The minimum Gasteiger partial charge on any atom is -0.493 e. The zero-order chi connectivity index (χ0) is 20.8. The maximum Gasteiger partial charge on any atom is 0.226 e. The fourth-order valence-corrected chi connectivity index (χ4v) is 3.68. The van der Waals surface area contributed by atoms with Crippen LogP contribution in [0.4, 0.5) is 5.13 Å². The van der Waals surface area contributed by atoms with Gasteiger partial charge in [-0.15, -0.1) is 11.3 Å². The van der Waals surface area contributed by atoms with Gasteiger partial charge in [-0.2, -0.15) is 0 Å². The molecule has 3 aromatic rings. The van der Waals surface area contributed by atoms with Gasteiger partial charge < -0.3 is 14.8 Å². The van der Waals surface area contributed by atoms with Gasteiger partial charge in [0.2, 0.25) is 5.91 Å². The van der Waals surface area contributed by atoms with E-state index in [2.05, 4.69) is 42.3 Å². The van der Waals surface area contributed by atoms with Gasteiger partial charge in [-0.1, -0.05) is 18.2 Å². The summed E-state index contributed by atoms with van der Waals surface area (Å²) in [4.78, 5) is 16.9. The van der Waals surface area contributed by atoms with Crippen LogP contribution >= 0.6 is 11.3 Å². The summed E-state index contributed by atoms with van der Waals surface area (Å²) in [5.74, 6) is 1.34. The van der Waals surface area contributed by atoms with Gasteiger partial charge in [0.1, 0.15) is 0 Å². The Balaban J connectivity index is 1.59. The summed E-state index contributed by atoms with van der Waals surface area (Å²) in [7, 11) is 1.62. The van der Waals surface area contributed by atoms with Crippen LogP contribution in [0.3, 0.4) is 0 Å². The SMILES string of the molecule is CCOc1ccc(CCC(=O)Nc2nc(-c3ccc(C)c(C)c3)cs2)cc1OC. The Morgan fingerprint density at radius 2 is 1.93 bits per heavy atom. The van der Waals surface area contributed by atoms with Gasteiger partial charge in [0.15, 0.2) is 16.6 Å². The largest absolute Gasteiger partial charge is 0.493 e.